The normalized spacial score (nSPS) is 19.2. The number of rotatable bonds is 3. The Bertz CT molecular complexity index is 544. The fourth-order valence-electron chi connectivity index (χ4n) is 2.54. The Hall–Kier alpha value is -0.920. The number of hydrogen-bond donors (Lipinski definition) is 0. The highest BCUT2D eigenvalue weighted by molar-refractivity contribution is 7.89. The molecule has 2 heterocycles. The largest absolute Gasteiger partial charge is 0.306 e. The molecule has 108 valence electrons. The van der Waals surface area contributed by atoms with E-state index in [4.69, 9.17) is 0 Å². The zero-order valence-corrected chi connectivity index (χ0v) is 12.8. The molecule has 0 unspecified atom stereocenters. The van der Waals surface area contributed by atoms with E-state index >= 15 is 0 Å². The molecular formula is C12H22N4O2S. The Kier molecular flexibility index (Phi) is 3.98. The summed E-state index contributed by atoms with van der Waals surface area (Å²) in [5.74, 6) is 0. The smallest absolute Gasteiger partial charge is 0.246 e. The Morgan fingerprint density at radius 1 is 1.32 bits per heavy atom. The first-order valence-electron chi connectivity index (χ1n) is 6.49. The zero-order chi connectivity index (χ0) is 14.2. The van der Waals surface area contributed by atoms with Crippen molar-refractivity contribution < 1.29 is 8.42 Å². The summed E-state index contributed by atoms with van der Waals surface area (Å²) in [6.45, 7) is 3.61. The molecule has 6 nitrogen and oxygen atoms in total. The number of sulfonamides is 1. The predicted molar refractivity (Wildman–Crippen MR) is 73.4 cm³/mol. The highest BCUT2D eigenvalue weighted by Crippen LogP contribution is 2.23. The van der Waals surface area contributed by atoms with Gasteiger partial charge in [-0.15, -0.1) is 0 Å². The molecule has 0 amide bonds. The molecule has 1 saturated heterocycles. The lowest BCUT2D eigenvalue weighted by molar-refractivity contribution is 0.197. The number of aromatic nitrogens is 2. The Morgan fingerprint density at radius 2 is 1.89 bits per heavy atom. The minimum absolute atomic E-state index is 0.0841. The minimum Gasteiger partial charge on any atom is -0.306 e. The van der Waals surface area contributed by atoms with Crippen molar-refractivity contribution in [2.45, 2.75) is 30.7 Å². The van der Waals surface area contributed by atoms with Crippen LogP contribution in [0.3, 0.4) is 0 Å². The Morgan fingerprint density at radius 3 is 2.37 bits per heavy atom. The van der Waals surface area contributed by atoms with E-state index in [1.54, 1.807) is 31.9 Å². The average molecular weight is 286 g/mol. The molecule has 1 aliphatic rings. The minimum atomic E-state index is -3.43. The van der Waals surface area contributed by atoms with E-state index in [9.17, 15) is 8.42 Å². The topological polar surface area (TPSA) is 58.4 Å². The molecule has 0 radical (unpaired) electrons. The van der Waals surface area contributed by atoms with Crippen molar-refractivity contribution in [1.82, 2.24) is 19.0 Å². The summed E-state index contributed by atoms with van der Waals surface area (Å²) in [6.07, 6.45) is 3.34. The van der Waals surface area contributed by atoms with Crippen LogP contribution < -0.4 is 0 Å². The first-order chi connectivity index (χ1) is 8.82. The number of nitrogens with zero attached hydrogens (tertiary/aromatic N) is 4. The van der Waals surface area contributed by atoms with Crippen LogP contribution in [0.5, 0.6) is 0 Å². The number of piperidine rings is 1. The van der Waals surface area contributed by atoms with Crippen molar-refractivity contribution in [3.05, 3.63) is 11.9 Å². The molecule has 1 aliphatic heterocycles. The molecule has 7 heteroatoms. The number of aryl methyl sites for hydroxylation is 2. The summed E-state index contributed by atoms with van der Waals surface area (Å²) in [4.78, 5) is 2.54. The summed E-state index contributed by atoms with van der Waals surface area (Å²) in [6, 6.07) is 0.0841. The second-order valence-electron chi connectivity index (χ2n) is 5.31. The molecular weight excluding hydrogens is 264 g/mol. The summed E-state index contributed by atoms with van der Waals surface area (Å²) in [7, 11) is 2.05. The SMILES string of the molecule is Cc1nn(C)cc1S(=O)(=O)N(C)C1CCN(C)CC1. The molecule has 0 bridgehead atoms. The lowest BCUT2D eigenvalue weighted by Gasteiger charge is -2.34. The van der Waals surface area contributed by atoms with E-state index in [2.05, 4.69) is 17.0 Å². The lowest BCUT2D eigenvalue weighted by Crippen LogP contribution is -2.44. The Labute approximate surface area is 115 Å². The van der Waals surface area contributed by atoms with E-state index in [1.165, 1.54) is 4.31 Å². The van der Waals surface area contributed by atoms with Gasteiger partial charge in [-0.05, 0) is 39.9 Å². The molecule has 1 fully saturated rings. The highest BCUT2D eigenvalue weighted by atomic mass is 32.2. The van der Waals surface area contributed by atoms with Crippen molar-refractivity contribution in [3.63, 3.8) is 0 Å². The van der Waals surface area contributed by atoms with Gasteiger partial charge in [0.25, 0.3) is 0 Å². The van der Waals surface area contributed by atoms with Crippen LogP contribution in [0.1, 0.15) is 18.5 Å². The summed E-state index contributed by atoms with van der Waals surface area (Å²) in [5, 5.41) is 4.12. The summed E-state index contributed by atoms with van der Waals surface area (Å²) >= 11 is 0. The van der Waals surface area contributed by atoms with Gasteiger partial charge < -0.3 is 4.90 Å². The molecule has 0 aliphatic carbocycles. The van der Waals surface area contributed by atoms with Crippen molar-refractivity contribution in [1.29, 1.82) is 0 Å². The van der Waals surface area contributed by atoms with Crippen LogP contribution in [0, 0.1) is 6.92 Å². The molecule has 0 atom stereocenters. The van der Waals surface area contributed by atoms with E-state index in [1.807, 2.05) is 0 Å². The molecule has 0 spiro atoms. The van der Waals surface area contributed by atoms with Gasteiger partial charge >= 0.3 is 0 Å². The first kappa shape index (κ1) is 14.5. The monoisotopic (exact) mass is 286 g/mol. The van der Waals surface area contributed by atoms with Crippen LogP contribution in [0.4, 0.5) is 0 Å². The quantitative estimate of drug-likeness (QED) is 0.809. The maximum atomic E-state index is 12.6. The van der Waals surface area contributed by atoms with Crippen LogP contribution in [0.25, 0.3) is 0 Å². The second-order valence-corrected chi connectivity index (χ2v) is 7.27. The maximum absolute atomic E-state index is 12.6. The third-order valence-corrected chi connectivity index (χ3v) is 5.84. The molecule has 1 aromatic rings. The van der Waals surface area contributed by atoms with Crippen LogP contribution in [-0.2, 0) is 17.1 Å². The van der Waals surface area contributed by atoms with Crippen molar-refractivity contribution in [2.24, 2.45) is 7.05 Å². The third kappa shape index (κ3) is 2.82. The Balaban J connectivity index is 2.22. The lowest BCUT2D eigenvalue weighted by atomic mass is 10.1. The van der Waals surface area contributed by atoms with Gasteiger partial charge in [-0.2, -0.15) is 9.40 Å². The molecule has 2 rings (SSSR count). The van der Waals surface area contributed by atoms with E-state index in [-0.39, 0.29) is 6.04 Å². The van der Waals surface area contributed by atoms with Gasteiger partial charge in [-0.1, -0.05) is 0 Å². The number of likely N-dealkylation sites (tertiary alicyclic amines) is 1. The molecule has 0 aromatic carbocycles. The fraction of sp³-hybridized carbons (Fsp3) is 0.750. The van der Waals surface area contributed by atoms with Gasteiger partial charge in [-0.25, -0.2) is 8.42 Å². The van der Waals surface area contributed by atoms with E-state index < -0.39 is 10.0 Å². The fourth-order valence-corrected chi connectivity index (χ4v) is 4.15. The van der Waals surface area contributed by atoms with Crippen LogP contribution >= 0.6 is 0 Å². The van der Waals surface area contributed by atoms with Gasteiger partial charge in [0.15, 0.2) is 0 Å². The van der Waals surface area contributed by atoms with Crippen LogP contribution in [0.15, 0.2) is 11.1 Å². The third-order valence-electron chi connectivity index (χ3n) is 3.83. The molecule has 0 saturated carbocycles. The predicted octanol–water partition coefficient (Wildman–Crippen LogP) is 0.443. The zero-order valence-electron chi connectivity index (χ0n) is 12.0. The number of hydrogen-bond acceptors (Lipinski definition) is 4. The van der Waals surface area contributed by atoms with Gasteiger partial charge in [0, 0.05) is 26.3 Å². The molecule has 19 heavy (non-hydrogen) atoms. The van der Waals surface area contributed by atoms with Crippen molar-refractivity contribution in [2.75, 3.05) is 27.2 Å². The van der Waals surface area contributed by atoms with Gasteiger partial charge in [0.05, 0.1) is 5.69 Å². The van der Waals surface area contributed by atoms with E-state index in [0.29, 0.717) is 10.6 Å². The standard InChI is InChI=1S/C12H22N4O2S/c1-10-12(9-15(3)13-10)19(17,18)16(4)11-5-7-14(2)8-6-11/h9,11H,5-8H2,1-4H3. The second kappa shape index (κ2) is 5.22. The van der Waals surface area contributed by atoms with Gasteiger partial charge in [0.2, 0.25) is 10.0 Å². The van der Waals surface area contributed by atoms with Crippen LogP contribution in [-0.4, -0.2) is 60.6 Å². The highest BCUT2D eigenvalue weighted by Gasteiger charge is 2.32. The van der Waals surface area contributed by atoms with Gasteiger partial charge in [0.1, 0.15) is 4.90 Å². The maximum Gasteiger partial charge on any atom is 0.246 e. The van der Waals surface area contributed by atoms with E-state index in [0.717, 1.165) is 25.9 Å². The first-order valence-corrected chi connectivity index (χ1v) is 7.93. The molecule has 0 N–H and O–H groups in total. The van der Waals surface area contributed by atoms with Gasteiger partial charge in [-0.3, -0.25) is 4.68 Å². The van der Waals surface area contributed by atoms with Crippen LogP contribution in [0.2, 0.25) is 0 Å². The molecule has 1 aromatic heterocycles. The van der Waals surface area contributed by atoms with Crippen molar-refractivity contribution in [3.8, 4) is 0 Å². The average Bonchev–Trinajstić information content (AvgIpc) is 2.69. The van der Waals surface area contributed by atoms with Crippen molar-refractivity contribution >= 4 is 10.0 Å². The summed E-state index contributed by atoms with van der Waals surface area (Å²) in [5.41, 5.74) is 0.558. The summed E-state index contributed by atoms with van der Waals surface area (Å²) < 4.78 is 28.3.